The van der Waals surface area contributed by atoms with E-state index in [-0.39, 0.29) is 11.5 Å². The quantitative estimate of drug-likeness (QED) is 0.335. The van der Waals surface area contributed by atoms with Crippen LogP contribution in [0.1, 0.15) is 5.56 Å². The maximum absolute atomic E-state index is 13.9. The first-order valence-corrected chi connectivity index (χ1v) is 7.56. The van der Waals surface area contributed by atoms with Crippen LogP contribution in [0.25, 0.3) is 10.8 Å². The molecule has 0 aliphatic carbocycles. The monoisotopic (exact) mass is 389 g/mol. The molecule has 129 valence electrons. The van der Waals surface area contributed by atoms with E-state index in [0.29, 0.717) is 11.5 Å². The van der Waals surface area contributed by atoms with Gasteiger partial charge in [-0.25, -0.2) is 4.39 Å². The lowest BCUT2D eigenvalue weighted by molar-refractivity contribution is -0.140. The molecule has 2 nitrogen and oxygen atoms in total. The average Bonchev–Trinajstić information content (AvgIpc) is 2.53. The molecule has 3 aromatic rings. The zero-order chi connectivity index (χ0) is 18.4. The fourth-order valence-corrected chi connectivity index (χ4v) is 2.80. The van der Waals surface area contributed by atoms with E-state index >= 15 is 0 Å². The molecule has 0 N–H and O–H groups in total. The van der Waals surface area contributed by atoms with Crippen LogP contribution in [0.5, 0.6) is 17.2 Å². The van der Waals surface area contributed by atoms with Crippen LogP contribution in [0.15, 0.2) is 42.5 Å². The van der Waals surface area contributed by atoms with Gasteiger partial charge in [-0.3, -0.25) is 5.11 Å². The summed E-state index contributed by atoms with van der Waals surface area (Å²) in [5.41, 5.74) is -1.58. The topological polar surface area (TPSA) is 29.1 Å². The number of ether oxygens (including phenoxy) is 1. The molecule has 0 spiro atoms. The van der Waals surface area contributed by atoms with E-state index in [1.165, 1.54) is 24.3 Å². The van der Waals surface area contributed by atoms with E-state index in [1.54, 1.807) is 12.1 Å². The summed E-state index contributed by atoms with van der Waals surface area (Å²) in [6.45, 7) is 0. The van der Waals surface area contributed by atoms with Crippen molar-refractivity contribution in [3.8, 4) is 17.2 Å². The van der Waals surface area contributed by atoms with Gasteiger partial charge in [0, 0.05) is 0 Å². The van der Waals surface area contributed by atoms with Gasteiger partial charge in [-0.2, -0.15) is 13.2 Å². The molecule has 0 heterocycles. The summed E-state index contributed by atoms with van der Waals surface area (Å²) in [7, 11) is 0. The lowest BCUT2D eigenvalue weighted by Crippen LogP contribution is -2.09. The van der Waals surface area contributed by atoms with Crippen molar-refractivity contribution < 1.29 is 27.4 Å². The number of hydrogen-bond donors (Lipinski definition) is 0. The summed E-state index contributed by atoms with van der Waals surface area (Å²) in [5, 5.41) is 11.3. The standard InChI is InChI=1S/C17H7Cl2F4O2/c18-13-7-12(17(21,22)23)15(20)14(19)16(13)25-11-4-2-8-1-3-10(24)5-9(8)6-11/h1-7H. The number of alkyl halides is 3. The highest BCUT2D eigenvalue weighted by atomic mass is 35.5. The van der Waals surface area contributed by atoms with Crippen molar-refractivity contribution in [2.45, 2.75) is 6.18 Å². The normalized spacial score (nSPS) is 11.8. The Bertz CT molecular complexity index is 971. The van der Waals surface area contributed by atoms with Gasteiger partial charge in [0.05, 0.1) is 10.6 Å². The number of hydrogen-bond acceptors (Lipinski definition) is 1. The van der Waals surface area contributed by atoms with Crippen LogP contribution in [0.3, 0.4) is 0 Å². The fraction of sp³-hybridized carbons (Fsp3) is 0.0588. The third kappa shape index (κ3) is 3.45. The van der Waals surface area contributed by atoms with Gasteiger partial charge in [0.1, 0.15) is 10.8 Å². The Morgan fingerprint density at radius 2 is 1.60 bits per heavy atom. The van der Waals surface area contributed by atoms with Crippen LogP contribution in [-0.4, -0.2) is 0 Å². The van der Waals surface area contributed by atoms with Gasteiger partial charge in [0.25, 0.3) is 0 Å². The molecular weight excluding hydrogens is 383 g/mol. The first-order chi connectivity index (χ1) is 11.7. The molecule has 0 saturated heterocycles. The first kappa shape index (κ1) is 17.6. The Labute approximate surface area is 149 Å². The van der Waals surface area contributed by atoms with Crippen molar-refractivity contribution in [2.75, 3.05) is 0 Å². The van der Waals surface area contributed by atoms with Crippen LogP contribution >= 0.6 is 23.2 Å². The van der Waals surface area contributed by atoms with E-state index in [9.17, 15) is 22.7 Å². The molecule has 3 rings (SSSR count). The molecule has 0 aliphatic rings. The van der Waals surface area contributed by atoms with Crippen molar-refractivity contribution in [1.29, 1.82) is 0 Å². The van der Waals surface area contributed by atoms with E-state index < -0.39 is 33.4 Å². The minimum Gasteiger partial charge on any atom is -0.454 e. The van der Waals surface area contributed by atoms with Gasteiger partial charge in [0.2, 0.25) is 0 Å². The first-order valence-electron chi connectivity index (χ1n) is 6.80. The summed E-state index contributed by atoms with van der Waals surface area (Å²) in [4.78, 5) is 0. The van der Waals surface area contributed by atoms with Crippen molar-refractivity contribution in [2.24, 2.45) is 0 Å². The van der Waals surface area contributed by atoms with E-state index in [1.807, 2.05) is 0 Å². The molecule has 0 atom stereocenters. The molecule has 8 heteroatoms. The fourth-order valence-electron chi connectivity index (χ4n) is 2.26. The Kier molecular flexibility index (Phi) is 4.43. The summed E-state index contributed by atoms with van der Waals surface area (Å²) in [5.74, 6) is -2.19. The van der Waals surface area contributed by atoms with Crippen LogP contribution in [0, 0.1) is 5.82 Å². The van der Waals surface area contributed by atoms with Gasteiger partial charge in [-0.05, 0) is 41.1 Å². The lowest BCUT2D eigenvalue weighted by Gasteiger charge is -2.15. The molecule has 0 amide bonds. The lowest BCUT2D eigenvalue weighted by atomic mass is 10.1. The number of halogens is 6. The minimum absolute atomic E-state index is 0.140. The molecule has 0 aliphatic heterocycles. The average molecular weight is 390 g/mol. The van der Waals surface area contributed by atoms with Crippen molar-refractivity contribution in [1.82, 2.24) is 0 Å². The number of benzene rings is 3. The Balaban J connectivity index is 2.05. The third-order valence-corrected chi connectivity index (χ3v) is 4.04. The molecule has 3 aromatic carbocycles. The van der Waals surface area contributed by atoms with Crippen LogP contribution < -0.4 is 4.74 Å². The predicted molar refractivity (Wildman–Crippen MR) is 85.6 cm³/mol. The summed E-state index contributed by atoms with van der Waals surface area (Å²) in [6.07, 6.45) is -4.94. The van der Waals surface area contributed by atoms with Gasteiger partial charge < -0.3 is 4.74 Å². The van der Waals surface area contributed by atoms with Gasteiger partial charge in [0.15, 0.2) is 17.3 Å². The maximum atomic E-state index is 13.9. The zero-order valence-corrected chi connectivity index (χ0v) is 13.6. The van der Waals surface area contributed by atoms with Crippen molar-refractivity contribution in [3.05, 3.63) is 63.9 Å². The number of rotatable bonds is 2. The molecule has 25 heavy (non-hydrogen) atoms. The minimum atomic E-state index is -4.94. The summed E-state index contributed by atoms with van der Waals surface area (Å²) >= 11 is 11.4. The smallest absolute Gasteiger partial charge is 0.419 e. The molecule has 0 fully saturated rings. The summed E-state index contributed by atoms with van der Waals surface area (Å²) in [6, 6.07) is 9.37. The number of fused-ring (bicyclic) bond motifs is 1. The second-order valence-corrected chi connectivity index (χ2v) is 5.92. The van der Waals surface area contributed by atoms with E-state index in [0.717, 1.165) is 5.39 Å². The predicted octanol–water partition coefficient (Wildman–Crippen LogP) is 7.24. The molecule has 1 radical (unpaired) electrons. The molecule has 0 saturated carbocycles. The highest BCUT2D eigenvalue weighted by Gasteiger charge is 2.37. The van der Waals surface area contributed by atoms with Crippen molar-refractivity contribution in [3.63, 3.8) is 0 Å². The van der Waals surface area contributed by atoms with Crippen LogP contribution in [0.4, 0.5) is 17.6 Å². The van der Waals surface area contributed by atoms with Crippen LogP contribution in [0.2, 0.25) is 10.0 Å². The van der Waals surface area contributed by atoms with Gasteiger partial charge >= 0.3 is 6.18 Å². The van der Waals surface area contributed by atoms with Crippen LogP contribution in [-0.2, 0) is 11.3 Å². The Morgan fingerprint density at radius 1 is 0.920 bits per heavy atom. The highest BCUT2D eigenvalue weighted by molar-refractivity contribution is 6.37. The Morgan fingerprint density at radius 3 is 2.28 bits per heavy atom. The van der Waals surface area contributed by atoms with E-state index in [4.69, 9.17) is 27.9 Å². The highest BCUT2D eigenvalue weighted by Crippen LogP contribution is 2.44. The Hall–Kier alpha value is -2.18. The largest absolute Gasteiger partial charge is 0.454 e. The van der Waals surface area contributed by atoms with Gasteiger partial charge in [-0.1, -0.05) is 35.3 Å². The summed E-state index contributed by atoms with van der Waals surface area (Å²) < 4.78 is 57.5. The second-order valence-electron chi connectivity index (χ2n) is 5.13. The molecule has 0 bridgehead atoms. The molecule has 0 aromatic heterocycles. The van der Waals surface area contributed by atoms with E-state index in [2.05, 4.69) is 0 Å². The van der Waals surface area contributed by atoms with Gasteiger partial charge in [-0.15, -0.1) is 0 Å². The zero-order valence-electron chi connectivity index (χ0n) is 12.1. The molecule has 0 unspecified atom stereocenters. The molecular formula is C17H7Cl2F4O2. The maximum Gasteiger partial charge on any atom is 0.419 e. The third-order valence-electron chi connectivity index (χ3n) is 3.42. The second kappa shape index (κ2) is 6.28. The SMILES string of the molecule is [O]c1ccc2ccc(Oc3c(Cl)cc(C(F)(F)F)c(F)c3Cl)cc2c1. The van der Waals surface area contributed by atoms with Crippen molar-refractivity contribution >= 4 is 34.0 Å².